The Balaban J connectivity index is 2.42. The summed E-state index contributed by atoms with van der Waals surface area (Å²) >= 11 is 5.66. The van der Waals surface area contributed by atoms with Crippen molar-refractivity contribution in [2.75, 3.05) is 0 Å². The fourth-order valence-electron chi connectivity index (χ4n) is 1.70. The van der Waals surface area contributed by atoms with Gasteiger partial charge in [-0.25, -0.2) is 4.39 Å². The number of hydrogen-bond acceptors (Lipinski definition) is 2. The first-order valence-corrected chi connectivity index (χ1v) is 5.90. The summed E-state index contributed by atoms with van der Waals surface area (Å²) in [5, 5.41) is 0.371. The van der Waals surface area contributed by atoms with E-state index in [0.717, 1.165) is 12.1 Å². The number of nitrogens with zero attached hydrogens (tertiary/aromatic N) is 1. The molecule has 0 spiro atoms. The van der Waals surface area contributed by atoms with Crippen molar-refractivity contribution in [3.63, 3.8) is 0 Å². The van der Waals surface area contributed by atoms with Gasteiger partial charge >= 0.3 is 6.18 Å². The fourth-order valence-corrected chi connectivity index (χ4v) is 1.81. The number of pyridine rings is 1. The Morgan fingerprint density at radius 2 is 1.85 bits per heavy atom. The van der Waals surface area contributed by atoms with Gasteiger partial charge in [-0.2, -0.15) is 13.2 Å². The molecule has 1 atom stereocenters. The van der Waals surface area contributed by atoms with Gasteiger partial charge in [-0.3, -0.25) is 4.98 Å². The Bertz CT molecular complexity index is 611. The van der Waals surface area contributed by atoms with E-state index in [9.17, 15) is 17.6 Å². The maximum atomic E-state index is 13.3. The molecule has 7 heteroatoms. The molecule has 0 saturated carbocycles. The lowest BCUT2D eigenvalue weighted by atomic mass is 10.0. The van der Waals surface area contributed by atoms with Crippen molar-refractivity contribution in [2.24, 2.45) is 5.73 Å². The highest BCUT2D eigenvalue weighted by atomic mass is 35.5. The molecule has 1 aromatic carbocycles. The van der Waals surface area contributed by atoms with Gasteiger partial charge < -0.3 is 5.73 Å². The quantitative estimate of drug-likeness (QED) is 0.854. The van der Waals surface area contributed by atoms with Crippen LogP contribution in [0.4, 0.5) is 17.6 Å². The van der Waals surface area contributed by atoms with Gasteiger partial charge in [0.15, 0.2) is 0 Å². The molecule has 1 heterocycles. The highest BCUT2D eigenvalue weighted by Crippen LogP contribution is 2.32. The second-order valence-electron chi connectivity index (χ2n) is 4.15. The van der Waals surface area contributed by atoms with E-state index >= 15 is 0 Å². The van der Waals surface area contributed by atoms with Gasteiger partial charge in [0, 0.05) is 6.20 Å². The summed E-state index contributed by atoms with van der Waals surface area (Å²) in [5.74, 6) is -1.00. The first-order chi connectivity index (χ1) is 9.27. The smallest absolute Gasteiger partial charge is 0.319 e. The Labute approximate surface area is 117 Å². The lowest BCUT2D eigenvalue weighted by Gasteiger charge is -2.14. The van der Waals surface area contributed by atoms with Crippen molar-refractivity contribution in [1.82, 2.24) is 4.98 Å². The molecular formula is C13H9ClF4N2. The van der Waals surface area contributed by atoms with Crippen LogP contribution in [0.2, 0.25) is 5.02 Å². The summed E-state index contributed by atoms with van der Waals surface area (Å²) in [4.78, 5) is 3.92. The number of alkyl halides is 3. The monoisotopic (exact) mass is 304 g/mol. The third-order valence-electron chi connectivity index (χ3n) is 2.68. The molecule has 2 nitrogen and oxygen atoms in total. The molecule has 0 amide bonds. The van der Waals surface area contributed by atoms with Crippen LogP contribution in [0, 0.1) is 5.82 Å². The number of aromatic nitrogens is 1. The van der Waals surface area contributed by atoms with Gasteiger partial charge in [-0.15, -0.1) is 0 Å². The first kappa shape index (κ1) is 14.7. The maximum Gasteiger partial charge on any atom is 0.416 e. The van der Waals surface area contributed by atoms with E-state index in [1.807, 2.05) is 0 Å². The van der Waals surface area contributed by atoms with E-state index in [2.05, 4.69) is 4.98 Å². The largest absolute Gasteiger partial charge is 0.416 e. The van der Waals surface area contributed by atoms with Crippen molar-refractivity contribution in [3.8, 4) is 0 Å². The molecule has 1 aromatic heterocycles. The minimum atomic E-state index is -4.63. The van der Waals surface area contributed by atoms with Crippen LogP contribution in [-0.2, 0) is 6.18 Å². The van der Waals surface area contributed by atoms with Crippen LogP contribution in [0.5, 0.6) is 0 Å². The molecule has 20 heavy (non-hydrogen) atoms. The van der Waals surface area contributed by atoms with Crippen molar-refractivity contribution in [1.29, 1.82) is 0 Å². The summed E-state index contributed by atoms with van der Waals surface area (Å²) in [7, 11) is 0. The highest BCUT2D eigenvalue weighted by Gasteiger charge is 2.32. The number of hydrogen-bond donors (Lipinski definition) is 1. The lowest BCUT2D eigenvalue weighted by molar-refractivity contribution is -0.137. The lowest BCUT2D eigenvalue weighted by Crippen LogP contribution is -2.15. The zero-order valence-corrected chi connectivity index (χ0v) is 10.7. The standard InChI is InChI=1S/C13H9ClF4N2/c14-9-1-2-11(20-6-9)12(19)7-3-8(13(16,17)18)5-10(15)4-7/h1-6,12H,19H2/t12-/m0/s1. The van der Waals surface area contributed by atoms with Gasteiger partial charge in [0.25, 0.3) is 0 Å². The fraction of sp³-hybridized carbons (Fsp3) is 0.154. The molecule has 0 saturated heterocycles. The van der Waals surface area contributed by atoms with Crippen molar-refractivity contribution in [2.45, 2.75) is 12.2 Å². The van der Waals surface area contributed by atoms with E-state index in [0.29, 0.717) is 16.8 Å². The summed E-state index contributed by atoms with van der Waals surface area (Å²) in [6.45, 7) is 0. The molecule has 0 aliphatic carbocycles. The highest BCUT2D eigenvalue weighted by molar-refractivity contribution is 6.30. The third-order valence-corrected chi connectivity index (χ3v) is 2.90. The second-order valence-corrected chi connectivity index (χ2v) is 4.59. The van der Waals surface area contributed by atoms with Gasteiger partial charge in [-0.1, -0.05) is 11.6 Å². The van der Waals surface area contributed by atoms with Crippen LogP contribution in [0.3, 0.4) is 0 Å². The van der Waals surface area contributed by atoms with Crippen LogP contribution in [-0.4, -0.2) is 4.98 Å². The normalized spacial score (nSPS) is 13.3. The van der Waals surface area contributed by atoms with Gasteiger partial charge in [0.1, 0.15) is 5.82 Å². The zero-order valence-electron chi connectivity index (χ0n) is 9.96. The van der Waals surface area contributed by atoms with Crippen LogP contribution in [0.25, 0.3) is 0 Å². The van der Waals surface area contributed by atoms with E-state index < -0.39 is 23.6 Å². The average Bonchev–Trinajstić information content (AvgIpc) is 2.37. The van der Waals surface area contributed by atoms with E-state index in [-0.39, 0.29) is 5.56 Å². The Morgan fingerprint density at radius 3 is 2.40 bits per heavy atom. The van der Waals surface area contributed by atoms with E-state index in [1.54, 1.807) is 0 Å². The predicted molar refractivity (Wildman–Crippen MR) is 66.7 cm³/mol. The molecule has 2 aromatic rings. The number of halogens is 5. The molecule has 2 rings (SSSR count). The zero-order chi connectivity index (χ0) is 14.9. The molecule has 0 aliphatic heterocycles. The third kappa shape index (κ3) is 3.26. The Hall–Kier alpha value is -1.66. The summed E-state index contributed by atoms with van der Waals surface area (Å²) in [6, 6.07) is 4.20. The molecule has 0 fully saturated rings. The summed E-state index contributed by atoms with van der Waals surface area (Å²) < 4.78 is 51.2. The number of rotatable bonds is 2. The van der Waals surface area contributed by atoms with Crippen molar-refractivity contribution < 1.29 is 17.6 Å². The van der Waals surface area contributed by atoms with Gasteiger partial charge in [-0.05, 0) is 35.9 Å². The molecule has 0 unspecified atom stereocenters. The molecule has 0 bridgehead atoms. The van der Waals surface area contributed by atoms with Crippen LogP contribution < -0.4 is 5.73 Å². The van der Waals surface area contributed by atoms with Gasteiger partial charge in [0.2, 0.25) is 0 Å². The van der Waals surface area contributed by atoms with Crippen molar-refractivity contribution in [3.05, 3.63) is 64.2 Å². The number of benzene rings is 1. The number of nitrogens with two attached hydrogens (primary N) is 1. The second kappa shape index (κ2) is 5.38. The molecule has 0 radical (unpaired) electrons. The first-order valence-electron chi connectivity index (χ1n) is 5.52. The van der Waals surface area contributed by atoms with Gasteiger partial charge in [0.05, 0.1) is 22.3 Å². The molecule has 2 N–H and O–H groups in total. The summed E-state index contributed by atoms with van der Waals surface area (Å²) in [6.07, 6.45) is -3.31. The van der Waals surface area contributed by atoms with E-state index in [4.69, 9.17) is 17.3 Å². The Kier molecular flexibility index (Phi) is 3.96. The summed E-state index contributed by atoms with van der Waals surface area (Å²) in [5.41, 5.74) is 5.01. The minimum Gasteiger partial charge on any atom is -0.319 e. The maximum absolute atomic E-state index is 13.3. The molecule has 106 valence electrons. The van der Waals surface area contributed by atoms with Crippen LogP contribution >= 0.6 is 11.6 Å². The van der Waals surface area contributed by atoms with Crippen LogP contribution in [0.15, 0.2) is 36.5 Å². The van der Waals surface area contributed by atoms with Crippen molar-refractivity contribution >= 4 is 11.6 Å². The topological polar surface area (TPSA) is 38.9 Å². The molecular weight excluding hydrogens is 296 g/mol. The Morgan fingerprint density at radius 1 is 1.15 bits per heavy atom. The van der Waals surface area contributed by atoms with E-state index in [1.165, 1.54) is 18.3 Å². The average molecular weight is 305 g/mol. The predicted octanol–water partition coefficient (Wildman–Crippen LogP) is 3.94. The molecule has 0 aliphatic rings. The SMILES string of the molecule is N[C@@H](c1cc(F)cc(C(F)(F)F)c1)c1ccc(Cl)cn1. The van der Waals surface area contributed by atoms with Crippen LogP contribution in [0.1, 0.15) is 22.9 Å². The minimum absolute atomic E-state index is 0.00727.